The summed E-state index contributed by atoms with van der Waals surface area (Å²) >= 11 is 0. The topological polar surface area (TPSA) is 12.0 Å². The van der Waals surface area contributed by atoms with Crippen LogP contribution in [0.25, 0.3) is 0 Å². The summed E-state index contributed by atoms with van der Waals surface area (Å²) in [6.45, 7) is 5.77. The normalized spacial score (nSPS) is 25.9. The maximum Gasteiger partial charge on any atom is 0.00670 e. The number of hydrogen-bond donors (Lipinski definition) is 1. The van der Waals surface area contributed by atoms with Gasteiger partial charge in [0.2, 0.25) is 0 Å². The van der Waals surface area contributed by atoms with Crippen molar-refractivity contribution >= 4 is 0 Å². The highest BCUT2D eigenvalue weighted by atomic mass is 14.9. The minimum atomic E-state index is 0.696. The summed E-state index contributed by atoms with van der Waals surface area (Å²) < 4.78 is 0. The third kappa shape index (κ3) is 3.58. The molecule has 0 spiro atoms. The second kappa shape index (κ2) is 6.94. The smallest absolute Gasteiger partial charge is 0.00670 e. The van der Waals surface area contributed by atoms with Crippen LogP contribution in [0, 0.1) is 5.92 Å². The number of hydrogen-bond acceptors (Lipinski definition) is 1. The summed E-state index contributed by atoms with van der Waals surface area (Å²) in [7, 11) is 0. The fraction of sp³-hybridized carbons (Fsp3) is 0.647. The van der Waals surface area contributed by atoms with Gasteiger partial charge < -0.3 is 5.32 Å². The zero-order valence-corrected chi connectivity index (χ0v) is 11.9. The highest BCUT2D eigenvalue weighted by Gasteiger charge is 2.25. The molecule has 0 aromatic heterocycles. The highest BCUT2D eigenvalue weighted by Crippen LogP contribution is 2.36. The van der Waals surface area contributed by atoms with E-state index in [1.54, 1.807) is 5.56 Å². The molecule has 2 rings (SSSR count). The molecule has 1 atom stereocenters. The van der Waals surface area contributed by atoms with Crippen molar-refractivity contribution in [3.8, 4) is 0 Å². The monoisotopic (exact) mass is 245 g/mol. The standard InChI is InChI=1S/C17H27N/c1-3-13-18-14(2)15-9-11-17(12-10-15)16-7-5-4-6-8-16/h4-8,14-15,17-18H,3,9-13H2,1-2H3. The van der Waals surface area contributed by atoms with Gasteiger partial charge in [0, 0.05) is 6.04 Å². The van der Waals surface area contributed by atoms with Crippen LogP contribution in [0.3, 0.4) is 0 Å². The van der Waals surface area contributed by atoms with E-state index in [9.17, 15) is 0 Å². The van der Waals surface area contributed by atoms with Crippen molar-refractivity contribution in [1.82, 2.24) is 5.32 Å². The molecule has 1 aromatic carbocycles. The molecule has 1 fully saturated rings. The van der Waals surface area contributed by atoms with Crippen molar-refractivity contribution in [2.75, 3.05) is 6.54 Å². The van der Waals surface area contributed by atoms with Crippen molar-refractivity contribution in [1.29, 1.82) is 0 Å². The van der Waals surface area contributed by atoms with E-state index in [1.807, 2.05) is 0 Å². The van der Waals surface area contributed by atoms with Crippen LogP contribution >= 0.6 is 0 Å². The molecule has 1 heteroatoms. The molecule has 0 saturated heterocycles. The Labute approximate surface area is 112 Å². The van der Waals surface area contributed by atoms with E-state index in [2.05, 4.69) is 49.5 Å². The molecule has 1 nitrogen and oxygen atoms in total. The summed E-state index contributed by atoms with van der Waals surface area (Å²) in [5.41, 5.74) is 1.55. The van der Waals surface area contributed by atoms with Crippen molar-refractivity contribution in [3.05, 3.63) is 35.9 Å². The van der Waals surface area contributed by atoms with Gasteiger partial charge in [-0.2, -0.15) is 0 Å². The van der Waals surface area contributed by atoms with Crippen LogP contribution < -0.4 is 5.32 Å². The first-order valence-corrected chi connectivity index (χ1v) is 7.59. The minimum absolute atomic E-state index is 0.696. The first-order chi connectivity index (χ1) is 8.81. The van der Waals surface area contributed by atoms with Crippen LogP contribution in [0.2, 0.25) is 0 Å². The Hall–Kier alpha value is -0.820. The lowest BCUT2D eigenvalue weighted by molar-refractivity contribution is 0.263. The molecular formula is C17H27N. The van der Waals surface area contributed by atoms with E-state index in [0.29, 0.717) is 6.04 Å². The minimum Gasteiger partial charge on any atom is -0.314 e. The molecule has 1 saturated carbocycles. The first kappa shape index (κ1) is 13.6. The summed E-state index contributed by atoms with van der Waals surface area (Å²) in [4.78, 5) is 0. The van der Waals surface area contributed by atoms with Gasteiger partial charge in [-0.05, 0) is 63.0 Å². The Kier molecular flexibility index (Phi) is 5.25. The van der Waals surface area contributed by atoms with Crippen LogP contribution in [0.5, 0.6) is 0 Å². The van der Waals surface area contributed by atoms with E-state index < -0.39 is 0 Å². The molecule has 1 N–H and O–H groups in total. The average Bonchev–Trinajstić information content (AvgIpc) is 2.46. The molecule has 18 heavy (non-hydrogen) atoms. The summed E-state index contributed by atoms with van der Waals surface area (Å²) in [5, 5.41) is 3.66. The van der Waals surface area contributed by atoms with E-state index in [1.165, 1.54) is 38.6 Å². The number of rotatable bonds is 5. The van der Waals surface area contributed by atoms with E-state index >= 15 is 0 Å². The maximum absolute atomic E-state index is 3.66. The van der Waals surface area contributed by atoms with Gasteiger partial charge in [-0.25, -0.2) is 0 Å². The SMILES string of the molecule is CCCNC(C)C1CCC(c2ccccc2)CC1. The van der Waals surface area contributed by atoms with E-state index in [0.717, 1.165) is 11.8 Å². The van der Waals surface area contributed by atoms with Gasteiger partial charge in [-0.3, -0.25) is 0 Å². The lowest BCUT2D eigenvalue weighted by Crippen LogP contribution is -2.35. The van der Waals surface area contributed by atoms with E-state index in [-0.39, 0.29) is 0 Å². The lowest BCUT2D eigenvalue weighted by atomic mass is 9.76. The van der Waals surface area contributed by atoms with Crippen LogP contribution in [0.1, 0.15) is 57.4 Å². The maximum atomic E-state index is 3.66. The molecule has 1 aliphatic carbocycles. The second-order valence-electron chi connectivity index (χ2n) is 5.77. The fourth-order valence-electron chi connectivity index (χ4n) is 3.22. The Bertz CT molecular complexity index is 325. The molecule has 0 bridgehead atoms. The van der Waals surface area contributed by atoms with Gasteiger partial charge >= 0.3 is 0 Å². The van der Waals surface area contributed by atoms with Gasteiger partial charge in [-0.1, -0.05) is 37.3 Å². The predicted molar refractivity (Wildman–Crippen MR) is 78.9 cm³/mol. The van der Waals surface area contributed by atoms with Gasteiger partial charge in [0.25, 0.3) is 0 Å². The van der Waals surface area contributed by atoms with Gasteiger partial charge in [0.15, 0.2) is 0 Å². The van der Waals surface area contributed by atoms with Crippen molar-refractivity contribution in [3.63, 3.8) is 0 Å². The van der Waals surface area contributed by atoms with Crippen molar-refractivity contribution in [2.45, 2.75) is 57.9 Å². The molecule has 0 heterocycles. The number of nitrogens with one attached hydrogen (secondary N) is 1. The highest BCUT2D eigenvalue weighted by molar-refractivity contribution is 5.19. The van der Waals surface area contributed by atoms with Crippen LogP contribution in [-0.2, 0) is 0 Å². The molecule has 1 aromatic rings. The van der Waals surface area contributed by atoms with Crippen molar-refractivity contribution < 1.29 is 0 Å². The third-order valence-electron chi connectivity index (χ3n) is 4.47. The Morgan fingerprint density at radius 2 is 1.78 bits per heavy atom. The molecule has 0 radical (unpaired) electrons. The summed E-state index contributed by atoms with van der Waals surface area (Å²) in [5.74, 6) is 1.69. The van der Waals surface area contributed by atoms with Crippen LogP contribution in [0.4, 0.5) is 0 Å². The zero-order chi connectivity index (χ0) is 12.8. The van der Waals surface area contributed by atoms with Crippen LogP contribution in [0.15, 0.2) is 30.3 Å². The van der Waals surface area contributed by atoms with Gasteiger partial charge in [-0.15, -0.1) is 0 Å². The Morgan fingerprint density at radius 1 is 1.11 bits per heavy atom. The van der Waals surface area contributed by atoms with Gasteiger partial charge in [0.05, 0.1) is 0 Å². The number of benzene rings is 1. The quantitative estimate of drug-likeness (QED) is 0.813. The molecule has 0 aliphatic heterocycles. The van der Waals surface area contributed by atoms with Gasteiger partial charge in [0.1, 0.15) is 0 Å². The second-order valence-corrected chi connectivity index (χ2v) is 5.77. The summed E-state index contributed by atoms with van der Waals surface area (Å²) in [6, 6.07) is 11.8. The lowest BCUT2D eigenvalue weighted by Gasteiger charge is -2.33. The van der Waals surface area contributed by atoms with Crippen molar-refractivity contribution in [2.24, 2.45) is 5.92 Å². The third-order valence-corrected chi connectivity index (χ3v) is 4.47. The fourth-order valence-corrected chi connectivity index (χ4v) is 3.22. The first-order valence-electron chi connectivity index (χ1n) is 7.59. The van der Waals surface area contributed by atoms with Crippen LogP contribution in [-0.4, -0.2) is 12.6 Å². The largest absolute Gasteiger partial charge is 0.314 e. The van der Waals surface area contributed by atoms with E-state index in [4.69, 9.17) is 0 Å². The zero-order valence-electron chi connectivity index (χ0n) is 11.9. The Morgan fingerprint density at radius 3 is 2.39 bits per heavy atom. The summed E-state index contributed by atoms with van der Waals surface area (Å²) in [6.07, 6.45) is 6.75. The Balaban J connectivity index is 1.81. The molecule has 100 valence electrons. The molecule has 1 aliphatic rings. The molecule has 0 amide bonds. The molecular weight excluding hydrogens is 218 g/mol. The predicted octanol–water partition coefficient (Wildman–Crippen LogP) is 4.35. The molecule has 1 unspecified atom stereocenters. The average molecular weight is 245 g/mol.